The molecular weight excluding hydrogens is 308 g/mol. The maximum atomic E-state index is 12.8. The van der Waals surface area contributed by atoms with Gasteiger partial charge in [-0.2, -0.15) is 0 Å². The van der Waals surface area contributed by atoms with Crippen molar-refractivity contribution in [3.8, 4) is 0 Å². The van der Waals surface area contributed by atoms with Crippen molar-refractivity contribution in [1.82, 2.24) is 24.4 Å². The number of carbonyl (C=O) groups is 1. The number of fused-ring (bicyclic) bond motifs is 1. The second kappa shape index (κ2) is 6.01. The van der Waals surface area contributed by atoms with Gasteiger partial charge in [0.15, 0.2) is 17.0 Å². The minimum atomic E-state index is 0.111. The molecule has 1 unspecified atom stereocenters. The lowest BCUT2D eigenvalue weighted by Crippen LogP contribution is -2.50. The van der Waals surface area contributed by atoms with Crippen LogP contribution in [0.15, 0.2) is 12.7 Å². The van der Waals surface area contributed by atoms with Gasteiger partial charge in [-0.05, 0) is 18.8 Å². The van der Waals surface area contributed by atoms with Crippen LogP contribution in [0.3, 0.4) is 0 Å². The van der Waals surface area contributed by atoms with Crippen molar-refractivity contribution >= 4 is 22.9 Å². The van der Waals surface area contributed by atoms with Gasteiger partial charge in [0.25, 0.3) is 0 Å². The van der Waals surface area contributed by atoms with Crippen LogP contribution in [0.4, 0.5) is 5.82 Å². The summed E-state index contributed by atoms with van der Waals surface area (Å²) in [5.74, 6) is 1.48. The van der Waals surface area contributed by atoms with Crippen molar-refractivity contribution in [2.75, 3.05) is 38.8 Å². The third-order valence-corrected chi connectivity index (χ3v) is 4.76. The number of aromatic nitrogens is 4. The molecule has 0 spiro atoms. The molecule has 0 aromatic carbocycles. The molecule has 128 valence electrons. The first-order valence-electron chi connectivity index (χ1n) is 8.35. The standard InChI is InChI=1S/C16H22N6O2/c1-20(2)15-14-16(18-9-17-15)21(10-19-14)7-13(23)22-5-6-24-8-12(22)11-3-4-11/h9-12H,3-8H2,1-2H3. The van der Waals surface area contributed by atoms with Crippen molar-refractivity contribution in [3.63, 3.8) is 0 Å². The molecule has 4 rings (SSSR count). The van der Waals surface area contributed by atoms with Gasteiger partial charge in [-0.25, -0.2) is 15.0 Å². The Morgan fingerprint density at radius 2 is 2.17 bits per heavy atom. The zero-order valence-corrected chi connectivity index (χ0v) is 14.1. The van der Waals surface area contributed by atoms with Gasteiger partial charge in [0.05, 0.1) is 25.6 Å². The number of morpholine rings is 1. The van der Waals surface area contributed by atoms with Gasteiger partial charge >= 0.3 is 0 Å². The molecule has 2 aromatic rings. The number of ether oxygens (including phenoxy) is 1. The molecule has 8 nitrogen and oxygen atoms in total. The quantitative estimate of drug-likeness (QED) is 0.814. The molecular formula is C16H22N6O2. The van der Waals surface area contributed by atoms with Crippen LogP contribution in [0.1, 0.15) is 12.8 Å². The van der Waals surface area contributed by atoms with E-state index in [-0.39, 0.29) is 18.5 Å². The van der Waals surface area contributed by atoms with Crippen molar-refractivity contribution in [2.45, 2.75) is 25.4 Å². The number of anilines is 1. The number of nitrogens with zero attached hydrogens (tertiary/aromatic N) is 6. The van der Waals surface area contributed by atoms with E-state index in [0.29, 0.717) is 31.3 Å². The Morgan fingerprint density at radius 1 is 1.33 bits per heavy atom. The molecule has 8 heteroatoms. The molecule has 1 saturated carbocycles. The Morgan fingerprint density at radius 3 is 2.92 bits per heavy atom. The van der Waals surface area contributed by atoms with Gasteiger partial charge in [-0.1, -0.05) is 0 Å². The van der Waals surface area contributed by atoms with Gasteiger partial charge in [-0.3, -0.25) is 4.79 Å². The van der Waals surface area contributed by atoms with Crippen LogP contribution in [-0.2, 0) is 16.1 Å². The van der Waals surface area contributed by atoms with Crippen LogP contribution in [-0.4, -0.2) is 70.2 Å². The third-order valence-electron chi connectivity index (χ3n) is 4.76. The second-order valence-corrected chi connectivity index (χ2v) is 6.70. The SMILES string of the molecule is CN(C)c1ncnc2c1ncn2CC(=O)N1CCOCC1C1CC1. The first-order chi connectivity index (χ1) is 11.6. The molecule has 24 heavy (non-hydrogen) atoms. The Kier molecular flexibility index (Phi) is 3.84. The second-order valence-electron chi connectivity index (χ2n) is 6.70. The largest absolute Gasteiger partial charge is 0.377 e. The highest BCUT2D eigenvalue weighted by molar-refractivity contribution is 5.85. The molecule has 1 saturated heterocycles. The Balaban J connectivity index is 1.57. The van der Waals surface area contributed by atoms with Crippen molar-refractivity contribution < 1.29 is 9.53 Å². The molecule has 3 heterocycles. The topological polar surface area (TPSA) is 76.4 Å². The summed E-state index contributed by atoms with van der Waals surface area (Å²) in [5.41, 5.74) is 1.41. The zero-order chi connectivity index (χ0) is 16.7. The summed E-state index contributed by atoms with van der Waals surface area (Å²) in [5, 5.41) is 0. The molecule has 2 aliphatic rings. The van der Waals surface area contributed by atoms with Crippen molar-refractivity contribution in [1.29, 1.82) is 0 Å². The minimum absolute atomic E-state index is 0.111. The smallest absolute Gasteiger partial charge is 0.243 e. The lowest BCUT2D eigenvalue weighted by Gasteiger charge is -2.36. The van der Waals surface area contributed by atoms with Crippen molar-refractivity contribution in [2.24, 2.45) is 5.92 Å². The van der Waals surface area contributed by atoms with Gasteiger partial charge in [0.2, 0.25) is 5.91 Å². The highest BCUT2D eigenvalue weighted by Gasteiger charge is 2.39. The molecule has 0 radical (unpaired) electrons. The molecule has 0 bridgehead atoms. The number of hydrogen-bond donors (Lipinski definition) is 0. The van der Waals surface area contributed by atoms with Crippen molar-refractivity contribution in [3.05, 3.63) is 12.7 Å². The van der Waals surface area contributed by atoms with Crippen LogP contribution >= 0.6 is 0 Å². The number of amides is 1. The lowest BCUT2D eigenvalue weighted by molar-refractivity contribution is -0.141. The predicted octanol–water partition coefficient (Wildman–Crippen LogP) is 0.530. The monoisotopic (exact) mass is 330 g/mol. The number of carbonyl (C=O) groups excluding carboxylic acids is 1. The lowest BCUT2D eigenvalue weighted by atomic mass is 10.1. The highest BCUT2D eigenvalue weighted by atomic mass is 16.5. The average molecular weight is 330 g/mol. The Bertz CT molecular complexity index is 754. The van der Waals surface area contributed by atoms with E-state index in [9.17, 15) is 4.79 Å². The Hall–Kier alpha value is -2.22. The summed E-state index contributed by atoms with van der Waals surface area (Å²) in [6.45, 7) is 2.20. The van der Waals surface area contributed by atoms with Crippen LogP contribution in [0.25, 0.3) is 11.2 Å². The molecule has 1 amide bonds. The predicted molar refractivity (Wildman–Crippen MR) is 88.7 cm³/mol. The molecule has 1 aliphatic carbocycles. The first kappa shape index (κ1) is 15.3. The first-order valence-corrected chi connectivity index (χ1v) is 8.35. The summed E-state index contributed by atoms with van der Waals surface area (Å²) in [6.07, 6.45) is 5.59. The minimum Gasteiger partial charge on any atom is -0.377 e. The highest BCUT2D eigenvalue weighted by Crippen LogP contribution is 2.36. The van der Waals surface area contributed by atoms with E-state index in [2.05, 4.69) is 15.0 Å². The third kappa shape index (κ3) is 2.71. The zero-order valence-electron chi connectivity index (χ0n) is 14.1. The fourth-order valence-electron chi connectivity index (χ4n) is 3.35. The fourth-order valence-corrected chi connectivity index (χ4v) is 3.35. The van der Waals surface area contributed by atoms with Gasteiger partial charge in [-0.15, -0.1) is 0 Å². The average Bonchev–Trinajstić information content (AvgIpc) is 3.36. The van der Waals surface area contributed by atoms with Gasteiger partial charge < -0.3 is 19.1 Å². The van der Waals surface area contributed by atoms with E-state index < -0.39 is 0 Å². The Labute approximate surface area is 140 Å². The van der Waals surface area contributed by atoms with E-state index in [1.54, 1.807) is 6.33 Å². The van der Waals surface area contributed by atoms with Crippen LogP contribution < -0.4 is 4.90 Å². The summed E-state index contributed by atoms with van der Waals surface area (Å²) in [7, 11) is 3.83. The summed E-state index contributed by atoms with van der Waals surface area (Å²) < 4.78 is 7.38. The van der Waals surface area contributed by atoms with Crippen LogP contribution in [0, 0.1) is 5.92 Å². The molecule has 0 N–H and O–H groups in total. The number of rotatable bonds is 4. The van der Waals surface area contributed by atoms with Gasteiger partial charge in [0, 0.05) is 20.6 Å². The normalized spacial score (nSPS) is 21.2. The fraction of sp³-hybridized carbons (Fsp3) is 0.625. The number of hydrogen-bond acceptors (Lipinski definition) is 6. The summed E-state index contributed by atoms with van der Waals surface area (Å²) in [4.78, 5) is 29.7. The van der Waals surface area contributed by atoms with Gasteiger partial charge in [0.1, 0.15) is 12.9 Å². The molecule has 2 fully saturated rings. The van der Waals surface area contributed by atoms with E-state index in [1.165, 1.54) is 19.2 Å². The van der Waals surface area contributed by atoms with Crippen LogP contribution in [0.2, 0.25) is 0 Å². The molecule has 1 aliphatic heterocycles. The maximum Gasteiger partial charge on any atom is 0.243 e. The molecule has 2 aromatic heterocycles. The van der Waals surface area contributed by atoms with E-state index in [4.69, 9.17) is 4.74 Å². The summed E-state index contributed by atoms with van der Waals surface area (Å²) >= 11 is 0. The number of imidazole rings is 1. The summed E-state index contributed by atoms with van der Waals surface area (Å²) in [6, 6.07) is 0.230. The molecule has 1 atom stereocenters. The maximum absolute atomic E-state index is 12.8. The van der Waals surface area contributed by atoms with E-state index in [0.717, 1.165) is 11.3 Å². The van der Waals surface area contributed by atoms with Crippen LogP contribution in [0.5, 0.6) is 0 Å². The van der Waals surface area contributed by atoms with E-state index >= 15 is 0 Å². The van der Waals surface area contributed by atoms with E-state index in [1.807, 2.05) is 28.5 Å².